The fourth-order valence-corrected chi connectivity index (χ4v) is 3.54. The van der Waals surface area contributed by atoms with Crippen LogP contribution in [-0.4, -0.2) is 53.2 Å². The molecular weight excluding hydrogens is 295 g/mol. The van der Waals surface area contributed by atoms with Gasteiger partial charge in [-0.25, -0.2) is 12.8 Å². The second kappa shape index (κ2) is 5.05. The number of nitrogens with zero attached hydrogens (tertiary/aromatic N) is 2. The molecule has 0 radical (unpaired) electrons. The molecule has 1 aliphatic rings. The van der Waals surface area contributed by atoms with Crippen molar-refractivity contribution in [1.82, 2.24) is 4.31 Å². The van der Waals surface area contributed by atoms with E-state index >= 15 is 0 Å². The van der Waals surface area contributed by atoms with E-state index in [4.69, 9.17) is 0 Å². The Bertz CT molecular complexity index is 639. The van der Waals surface area contributed by atoms with E-state index in [1.807, 2.05) is 0 Å². The highest BCUT2D eigenvalue weighted by molar-refractivity contribution is 7.89. The van der Waals surface area contributed by atoms with Crippen LogP contribution in [0.4, 0.5) is 10.1 Å². The molecule has 1 saturated heterocycles. The quantitative estimate of drug-likeness (QED) is 0.571. The molecule has 1 aliphatic heterocycles. The summed E-state index contributed by atoms with van der Waals surface area (Å²) < 4.78 is 38.2. The lowest BCUT2D eigenvalue weighted by atomic mass is 10.3. The smallest absolute Gasteiger partial charge is 0.292 e. The number of aliphatic hydroxyl groups excluding tert-OH is 2. The van der Waals surface area contributed by atoms with E-state index < -0.39 is 43.6 Å². The maximum Gasteiger partial charge on any atom is 0.292 e. The van der Waals surface area contributed by atoms with Crippen LogP contribution in [0.1, 0.15) is 0 Å². The molecule has 1 aromatic rings. The van der Waals surface area contributed by atoms with Gasteiger partial charge in [-0.3, -0.25) is 10.1 Å². The Morgan fingerprint density at radius 3 is 2.35 bits per heavy atom. The Morgan fingerprint density at radius 2 is 1.85 bits per heavy atom. The van der Waals surface area contributed by atoms with Crippen molar-refractivity contribution in [3.8, 4) is 0 Å². The molecule has 0 saturated carbocycles. The minimum absolute atomic E-state index is 0.377. The number of benzene rings is 1. The van der Waals surface area contributed by atoms with Crippen molar-refractivity contribution in [3.05, 3.63) is 34.1 Å². The topological polar surface area (TPSA) is 121 Å². The van der Waals surface area contributed by atoms with Crippen LogP contribution in [-0.2, 0) is 10.0 Å². The van der Waals surface area contributed by atoms with Crippen LogP contribution < -0.4 is 0 Å². The standard InChI is InChI=1S/C10H11FN2O6S/c11-6-1-2-10(7(3-6)13(16)17)20(18,19)12-4-8(14)9(15)5-12/h1-3,8-9,14-15H,4-5H2. The summed E-state index contributed by atoms with van der Waals surface area (Å²) in [5.74, 6) is -0.933. The number of rotatable bonds is 3. The molecule has 0 amide bonds. The van der Waals surface area contributed by atoms with E-state index in [0.717, 1.165) is 16.4 Å². The minimum atomic E-state index is -4.29. The number of aliphatic hydroxyl groups is 2. The number of halogens is 1. The Kier molecular flexibility index (Phi) is 3.73. The average Bonchev–Trinajstić information content (AvgIpc) is 2.70. The van der Waals surface area contributed by atoms with Crippen molar-refractivity contribution in [1.29, 1.82) is 0 Å². The first kappa shape index (κ1) is 14.8. The third kappa shape index (κ3) is 2.50. The largest absolute Gasteiger partial charge is 0.389 e. The normalized spacial score (nSPS) is 23.9. The van der Waals surface area contributed by atoms with Crippen LogP contribution in [0.15, 0.2) is 23.1 Å². The Balaban J connectivity index is 2.48. The van der Waals surface area contributed by atoms with Crippen LogP contribution in [0.25, 0.3) is 0 Å². The number of hydrogen-bond donors (Lipinski definition) is 2. The van der Waals surface area contributed by atoms with Crippen LogP contribution in [0.5, 0.6) is 0 Å². The zero-order valence-electron chi connectivity index (χ0n) is 10.0. The van der Waals surface area contributed by atoms with Crippen LogP contribution in [0.3, 0.4) is 0 Å². The second-order valence-electron chi connectivity index (χ2n) is 4.33. The maximum absolute atomic E-state index is 13.0. The van der Waals surface area contributed by atoms with E-state index in [1.165, 1.54) is 0 Å². The van der Waals surface area contributed by atoms with Crippen molar-refractivity contribution in [2.75, 3.05) is 13.1 Å². The van der Waals surface area contributed by atoms with Crippen LogP contribution in [0, 0.1) is 15.9 Å². The fraction of sp³-hybridized carbons (Fsp3) is 0.400. The average molecular weight is 306 g/mol. The van der Waals surface area contributed by atoms with Crippen molar-refractivity contribution >= 4 is 15.7 Å². The van der Waals surface area contributed by atoms with E-state index in [2.05, 4.69) is 0 Å². The number of hydrogen-bond acceptors (Lipinski definition) is 6. The van der Waals surface area contributed by atoms with Gasteiger partial charge in [0.2, 0.25) is 10.0 Å². The van der Waals surface area contributed by atoms with E-state index in [1.54, 1.807) is 0 Å². The lowest BCUT2D eigenvalue weighted by molar-refractivity contribution is -0.388. The van der Waals surface area contributed by atoms with Gasteiger partial charge in [0, 0.05) is 13.1 Å². The molecule has 0 aromatic heterocycles. The van der Waals surface area contributed by atoms with Gasteiger partial charge >= 0.3 is 0 Å². The first-order valence-corrected chi connectivity index (χ1v) is 6.97. The highest BCUT2D eigenvalue weighted by Gasteiger charge is 2.40. The molecule has 8 nitrogen and oxygen atoms in total. The van der Waals surface area contributed by atoms with Crippen molar-refractivity contribution < 1.29 is 27.9 Å². The first-order chi connectivity index (χ1) is 9.23. The fourth-order valence-electron chi connectivity index (χ4n) is 1.92. The maximum atomic E-state index is 13.0. The van der Waals surface area contributed by atoms with Gasteiger partial charge in [0.1, 0.15) is 5.82 Å². The van der Waals surface area contributed by atoms with Gasteiger partial charge in [-0.15, -0.1) is 0 Å². The summed E-state index contributed by atoms with van der Waals surface area (Å²) in [6.45, 7) is -0.754. The van der Waals surface area contributed by atoms with E-state index in [9.17, 15) is 33.1 Å². The molecule has 0 spiro atoms. The second-order valence-corrected chi connectivity index (χ2v) is 6.23. The lowest BCUT2D eigenvalue weighted by Gasteiger charge is -2.15. The molecule has 2 atom stereocenters. The van der Waals surface area contributed by atoms with Gasteiger partial charge in [-0.2, -0.15) is 4.31 Å². The summed E-state index contributed by atoms with van der Waals surface area (Å²) in [5, 5.41) is 29.5. The monoisotopic (exact) mass is 306 g/mol. The molecule has 2 unspecified atom stereocenters. The third-order valence-corrected chi connectivity index (χ3v) is 4.84. The van der Waals surface area contributed by atoms with Crippen LogP contribution in [0.2, 0.25) is 0 Å². The summed E-state index contributed by atoms with van der Waals surface area (Å²) in [6, 6.07) is 2.10. The van der Waals surface area contributed by atoms with Crippen molar-refractivity contribution in [3.63, 3.8) is 0 Å². The summed E-state index contributed by atoms with van der Waals surface area (Å²) in [4.78, 5) is 9.14. The summed E-state index contributed by atoms with van der Waals surface area (Å²) >= 11 is 0. The molecule has 10 heteroatoms. The summed E-state index contributed by atoms with van der Waals surface area (Å²) in [7, 11) is -4.29. The highest BCUT2D eigenvalue weighted by atomic mass is 32.2. The minimum Gasteiger partial charge on any atom is -0.389 e. The zero-order chi connectivity index (χ0) is 15.1. The van der Waals surface area contributed by atoms with E-state index in [0.29, 0.717) is 6.07 Å². The third-order valence-electron chi connectivity index (χ3n) is 2.96. The molecular formula is C10H11FN2O6S. The summed E-state index contributed by atoms with van der Waals surface area (Å²) in [6.07, 6.45) is -2.52. The molecule has 20 heavy (non-hydrogen) atoms. The number of nitro groups is 1. The molecule has 1 fully saturated rings. The molecule has 0 aliphatic carbocycles. The lowest BCUT2D eigenvalue weighted by Crippen LogP contribution is -2.30. The Labute approximate surface area is 113 Å². The number of β-amino-alcohol motifs (C(OH)–C–C–N with tert-alkyl or cyclic N) is 2. The van der Waals surface area contributed by atoms with Gasteiger partial charge in [-0.1, -0.05) is 0 Å². The molecule has 2 rings (SSSR count). The SMILES string of the molecule is O=[N+]([O-])c1cc(F)ccc1S(=O)(=O)N1CC(O)C(O)C1. The Hall–Kier alpha value is -1.62. The molecule has 0 bridgehead atoms. The first-order valence-electron chi connectivity index (χ1n) is 5.53. The van der Waals surface area contributed by atoms with Gasteiger partial charge in [-0.05, 0) is 12.1 Å². The zero-order valence-corrected chi connectivity index (χ0v) is 10.8. The van der Waals surface area contributed by atoms with Crippen LogP contribution >= 0.6 is 0 Å². The molecule has 2 N–H and O–H groups in total. The van der Waals surface area contributed by atoms with Gasteiger partial charge in [0.15, 0.2) is 4.90 Å². The summed E-state index contributed by atoms with van der Waals surface area (Å²) in [5.41, 5.74) is -0.888. The Morgan fingerprint density at radius 1 is 1.30 bits per heavy atom. The van der Waals surface area contributed by atoms with Gasteiger partial charge < -0.3 is 10.2 Å². The van der Waals surface area contributed by atoms with E-state index in [-0.39, 0.29) is 13.1 Å². The molecule has 1 aromatic carbocycles. The van der Waals surface area contributed by atoms with Gasteiger partial charge in [0.05, 0.1) is 23.2 Å². The highest BCUT2D eigenvalue weighted by Crippen LogP contribution is 2.29. The van der Waals surface area contributed by atoms with Gasteiger partial charge in [0.25, 0.3) is 5.69 Å². The number of nitro benzene ring substituents is 1. The predicted octanol–water partition coefficient (Wildman–Crippen LogP) is -0.540. The molecule has 110 valence electrons. The van der Waals surface area contributed by atoms with Crippen molar-refractivity contribution in [2.24, 2.45) is 0 Å². The van der Waals surface area contributed by atoms with Crippen molar-refractivity contribution in [2.45, 2.75) is 17.1 Å². The predicted molar refractivity (Wildman–Crippen MR) is 63.8 cm³/mol. The number of sulfonamides is 1. The molecule has 1 heterocycles.